The van der Waals surface area contributed by atoms with Crippen molar-refractivity contribution in [1.29, 1.82) is 0 Å². The fourth-order valence-corrected chi connectivity index (χ4v) is 6.97. The number of rotatable bonds is 9. The van der Waals surface area contributed by atoms with Crippen LogP contribution in [-0.4, -0.2) is 71.3 Å². The summed E-state index contributed by atoms with van der Waals surface area (Å²) in [5.74, 6) is -3.65. The van der Waals surface area contributed by atoms with Crippen molar-refractivity contribution >= 4 is 35.3 Å². The number of amides is 3. The summed E-state index contributed by atoms with van der Waals surface area (Å²) in [6.45, 7) is 2.09. The van der Waals surface area contributed by atoms with Crippen molar-refractivity contribution in [2.24, 2.45) is 0 Å². The molecule has 0 aliphatic carbocycles. The van der Waals surface area contributed by atoms with Crippen LogP contribution in [0, 0.1) is 6.92 Å². The number of likely N-dealkylation sites (tertiary alicyclic amines) is 1. The Kier molecular flexibility index (Phi) is 10.1. The Hall–Kier alpha value is -5.98. The molecule has 274 valence electrons. The van der Waals surface area contributed by atoms with E-state index in [0.29, 0.717) is 35.3 Å². The Labute approximate surface area is 303 Å². The third-order valence-electron chi connectivity index (χ3n) is 9.85. The van der Waals surface area contributed by atoms with Crippen molar-refractivity contribution in [2.75, 3.05) is 32.1 Å². The number of carbonyl (C=O) groups excluding carboxylic acids is 4. The number of halogens is 3. The van der Waals surface area contributed by atoms with Crippen LogP contribution in [0.2, 0.25) is 0 Å². The van der Waals surface area contributed by atoms with E-state index in [1.807, 2.05) is 0 Å². The lowest BCUT2D eigenvalue weighted by Crippen LogP contribution is -2.51. The van der Waals surface area contributed by atoms with E-state index in [1.54, 1.807) is 42.2 Å². The highest BCUT2D eigenvalue weighted by Gasteiger charge is 2.55. The second-order valence-electron chi connectivity index (χ2n) is 13.2. The van der Waals surface area contributed by atoms with Crippen LogP contribution in [0.3, 0.4) is 0 Å². The maximum Gasteiger partial charge on any atom is 0.416 e. The van der Waals surface area contributed by atoms with Crippen molar-refractivity contribution in [2.45, 2.75) is 44.3 Å². The molecule has 53 heavy (non-hydrogen) atoms. The number of fused-ring (bicyclic) bond motifs is 1. The summed E-state index contributed by atoms with van der Waals surface area (Å²) in [5.41, 5.74) is -0.0481. The lowest BCUT2D eigenvalue weighted by Gasteiger charge is -2.32. The highest BCUT2D eigenvalue weighted by molar-refractivity contribution is 6.12. The smallest absolute Gasteiger partial charge is 0.416 e. The highest BCUT2D eigenvalue weighted by Crippen LogP contribution is 2.39. The van der Waals surface area contributed by atoms with Crippen molar-refractivity contribution in [3.63, 3.8) is 0 Å². The van der Waals surface area contributed by atoms with Gasteiger partial charge in [-0.05, 0) is 84.8 Å². The summed E-state index contributed by atoms with van der Waals surface area (Å²) < 4.78 is 45.3. The Morgan fingerprint density at radius 1 is 0.887 bits per heavy atom. The minimum absolute atomic E-state index is 0.117. The number of nitrogens with zero attached hydrogens (tertiary/aromatic N) is 2. The molecule has 13 heteroatoms. The Morgan fingerprint density at radius 2 is 1.58 bits per heavy atom. The number of hydrogen-bond donors (Lipinski definition) is 2. The van der Waals surface area contributed by atoms with E-state index in [9.17, 15) is 42.3 Å². The van der Waals surface area contributed by atoms with Crippen molar-refractivity contribution in [3.8, 4) is 11.1 Å². The van der Waals surface area contributed by atoms with Crippen LogP contribution in [0.15, 0.2) is 84.9 Å². The van der Waals surface area contributed by atoms with Gasteiger partial charge in [0.2, 0.25) is 5.54 Å². The first kappa shape index (κ1) is 36.8. The summed E-state index contributed by atoms with van der Waals surface area (Å²) >= 11 is 0. The molecule has 4 aromatic rings. The predicted molar refractivity (Wildman–Crippen MR) is 188 cm³/mol. The van der Waals surface area contributed by atoms with Gasteiger partial charge in [-0.2, -0.15) is 13.2 Å². The monoisotopic (exact) mass is 727 g/mol. The standard InChI is InChI=1S/C40H36F3N3O7/c1-24-9-8-11-29(34(24)26-14-16-27(17-15-26)40(41,42)43)35(48)44-32-18-13-25(21-30(32)37(50)46-19-6-3-7-20-46)22-33(47)53-23-39(38(51)52)31-12-5-4-10-28(31)36(49)45(39)2/h4-5,8-18,21H,3,6-7,19-20,22-23H2,1-2H3,(H,44,48)(H,51,52)/t39-/m0/s1. The number of piperidine rings is 1. The lowest BCUT2D eigenvalue weighted by atomic mass is 9.90. The molecule has 2 heterocycles. The van der Waals surface area contributed by atoms with E-state index in [1.165, 1.54) is 49.5 Å². The van der Waals surface area contributed by atoms with Gasteiger partial charge in [-0.3, -0.25) is 19.2 Å². The Morgan fingerprint density at radius 3 is 2.26 bits per heavy atom. The number of benzene rings is 4. The lowest BCUT2D eigenvalue weighted by molar-refractivity contribution is -0.159. The summed E-state index contributed by atoms with van der Waals surface area (Å²) in [6.07, 6.45) is -2.32. The van der Waals surface area contributed by atoms with Crippen LogP contribution >= 0.6 is 0 Å². The molecule has 1 atom stereocenters. The maximum atomic E-state index is 13.9. The van der Waals surface area contributed by atoms with Crippen LogP contribution in [0.5, 0.6) is 0 Å². The van der Waals surface area contributed by atoms with Gasteiger partial charge in [0.15, 0.2) is 0 Å². The van der Waals surface area contributed by atoms with Gasteiger partial charge in [0, 0.05) is 36.8 Å². The van der Waals surface area contributed by atoms with E-state index in [-0.39, 0.29) is 40.3 Å². The van der Waals surface area contributed by atoms with Gasteiger partial charge in [0.05, 0.1) is 23.2 Å². The molecule has 0 aromatic heterocycles. The highest BCUT2D eigenvalue weighted by atomic mass is 19.4. The van der Waals surface area contributed by atoms with Crippen molar-refractivity contribution in [1.82, 2.24) is 9.80 Å². The molecule has 2 N–H and O–H groups in total. The largest absolute Gasteiger partial charge is 0.479 e. The molecular weight excluding hydrogens is 691 g/mol. The molecule has 0 bridgehead atoms. The van der Waals surface area contributed by atoms with Gasteiger partial charge in [0.25, 0.3) is 17.7 Å². The zero-order valence-corrected chi connectivity index (χ0v) is 29.0. The van der Waals surface area contributed by atoms with Gasteiger partial charge in [0.1, 0.15) is 6.61 Å². The summed E-state index contributed by atoms with van der Waals surface area (Å²) in [7, 11) is 1.33. The summed E-state index contributed by atoms with van der Waals surface area (Å²) in [5, 5.41) is 13.1. The fourth-order valence-electron chi connectivity index (χ4n) is 6.97. The second-order valence-corrected chi connectivity index (χ2v) is 13.2. The number of anilines is 1. The van der Waals surface area contributed by atoms with Crippen LogP contribution in [-0.2, 0) is 32.5 Å². The molecule has 6 rings (SSSR count). The molecule has 1 saturated heterocycles. The number of esters is 1. The zero-order valence-electron chi connectivity index (χ0n) is 29.0. The minimum atomic E-state index is -4.52. The minimum Gasteiger partial charge on any atom is -0.479 e. The van der Waals surface area contributed by atoms with Crippen molar-refractivity contribution in [3.05, 3.63) is 124 Å². The first-order chi connectivity index (χ1) is 25.2. The number of carbonyl (C=O) groups is 5. The van der Waals surface area contributed by atoms with Crippen molar-refractivity contribution < 1.29 is 47.0 Å². The van der Waals surface area contributed by atoms with Gasteiger partial charge in [-0.1, -0.05) is 48.5 Å². The Bertz CT molecular complexity index is 2110. The number of likely N-dealkylation sites (N-methyl/N-ethyl adjacent to an activating group) is 1. The van der Waals surface area contributed by atoms with Gasteiger partial charge >= 0.3 is 18.1 Å². The number of aliphatic carboxylic acids is 1. The van der Waals surface area contributed by atoms with Crippen LogP contribution < -0.4 is 5.32 Å². The molecule has 2 aliphatic heterocycles. The van der Waals surface area contributed by atoms with E-state index < -0.39 is 47.6 Å². The quantitative estimate of drug-likeness (QED) is 0.183. The van der Waals surface area contributed by atoms with Crippen LogP contribution in [0.25, 0.3) is 11.1 Å². The summed E-state index contributed by atoms with van der Waals surface area (Å²) in [4.78, 5) is 69.1. The molecule has 10 nitrogen and oxygen atoms in total. The Balaban J connectivity index is 1.26. The van der Waals surface area contributed by atoms with E-state index in [4.69, 9.17) is 4.74 Å². The normalized spacial score (nSPS) is 17.0. The molecule has 2 aliphatic rings. The number of carboxylic acids is 1. The zero-order chi connectivity index (χ0) is 38.1. The van der Waals surface area contributed by atoms with E-state index >= 15 is 0 Å². The molecule has 0 spiro atoms. The topological polar surface area (TPSA) is 133 Å². The first-order valence-electron chi connectivity index (χ1n) is 17.0. The van der Waals surface area contributed by atoms with Crippen LogP contribution in [0.1, 0.15) is 72.6 Å². The number of carboxylic acid groups (broad SMARTS) is 1. The van der Waals surface area contributed by atoms with E-state index in [0.717, 1.165) is 36.3 Å². The third-order valence-corrected chi connectivity index (χ3v) is 9.85. The molecular formula is C40H36F3N3O7. The first-order valence-corrected chi connectivity index (χ1v) is 17.0. The van der Waals surface area contributed by atoms with Gasteiger partial charge in [-0.25, -0.2) is 4.79 Å². The number of aryl methyl sites for hydroxylation is 1. The molecule has 3 amide bonds. The maximum absolute atomic E-state index is 13.9. The molecule has 1 fully saturated rings. The molecule has 0 saturated carbocycles. The SMILES string of the molecule is Cc1cccc(C(=O)Nc2ccc(CC(=O)OC[C@@]3(C(=O)O)c4ccccc4C(=O)N3C)cc2C(=O)N2CCCCC2)c1-c1ccc(C(F)(F)F)cc1. The molecule has 4 aromatic carbocycles. The average molecular weight is 728 g/mol. The fraction of sp³-hybridized carbons (Fsp3) is 0.275. The molecule has 0 radical (unpaired) electrons. The number of ether oxygens (including phenoxy) is 1. The summed E-state index contributed by atoms with van der Waals surface area (Å²) in [6, 6.07) is 20.2. The van der Waals surface area contributed by atoms with Gasteiger partial charge in [-0.15, -0.1) is 0 Å². The molecule has 0 unspecified atom stereocenters. The predicted octanol–water partition coefficient (Wildman–Crippen LogP) is 6.71. The van der Waals surface area contributed by atoms with Gasteiger partial charge < -0.3 is 25.0 Å². The average Bonchev–Trinajstić information content (AvgIpc) is 3.36. The van der Waals surface area contributed by atoms with E-state index in [2.05, 4.69) is 5.32 Å². The van der Waals surface area contributed by atoms with Crippen LogP contribution in [0.4, 0.5) is 18.9 Å². The number of alkyl halides is 3. The third kappa shape index (κ3) is 7.11. The second kappa shape index (κ2) is 14.6. The number of hydrogen-bond acceptors (Lipinski definition) is 6. The number of nitrogens with one attached hydrogen (secondary N) is 1.